The van der Waals surface area contributed by atoms with Crippen molar-refractivity contribution >= 4 is 26.6 Å². The number of benzene rings is 2. The van der Waals surface area contributed by atoms with Gasteiger partial charge in [0.05, 0.1) is 30.1 Å². The zero-order valence-corrected chi connectivity index (χ0v) is 15.6. The summed E-state index contributed by atoms with van der Waals surface area (Å²) in [7, 11) is -1.79. The van der Waals surface area contributed by atoms with Crippen LogP contribution >= 0.6 is 0 Å². The fourth-order valence-corrected chi connectivity index (χ4v) is 3.70. The second kappa shape index (κ2) is 6.73. The van der Waals surface area contributed by atoms with Gasteiger partial charge in [-0.05, 0) is 37.3 Å². The Morgan fingerprint density at radius 2 is 2.00 bits per heavy atom. The number of hydrogen-bond donors (Lipinski definition) is 1. The summed E-state index contributed by atoms with van der Waals surface area (Å²) in [6.45, 7) is 2.68. The molecule has 134 valence electrons. The number of anilines is 1. The van der Waals surface area contributed by atoms with Crippen LogP contribution in [0.1, 0.15) is 12.5 Å². The number of nitriles is 1. The highest BCUT2D eigenvalue weighted by atomic mass is 32.2. The second-order valence-corrected chi connectivity index (χ2v) is 7.67. The number of aryl methyl sites for hydroxylation is 1. The van der Waals surface area contributed by atoms with E-state index in [2.05, 4.69) is 10.8 Å². The largest absolute Gasteiger partial charge is 0.497 e. The summed E-state index contributed by atoms with van der Waals surface area (Å²) in [4.78, 5) is 0. The lowest BCUT2D eigenvalue weighted by molar-refractivity contribution is 0.415. The summed E-state index contributed by atoms with van der Waals surface area (Å²) in [6.07, 6.45) is 1.11. The number of fused-ring (bicyclic) bond motifs is 1. The van der Waals surface area contributed by atoms with Gasteiger partial charge in [0, 0.05) is 23.2 Å². The molecular formula is C19H19N3O3S. The molecule has 0 fully saturated rings. The molecule has 0 saturated heterocycles. The third-order valence-electron chi connectivity index (χ3n) is 4.14. The molecule has 0 spiro atoms. The molecule has 6 nitrogen and oxygen atoms in total. The summed E-state index contributed by atoms with van der Waals surface area (Å²) in [5.74, 6) is 0.682. The van der Waals surface area contributed by atoms with Gasteiger partial charge in [0.25, 0.3) is 0 Å². The van der Waals surface area contributed by atoms with Crippen LogP contribution in [0.5, 0.6) is 5.75 Å². The van der Waals surface area contributed by atoms with Crippen LogP contribution in [0.2, 0.25) is 0 Å². The van der Waals surface area contributed by atoms with Crippen molar-refractivity contribution in [1.82, 2.24) is 4.57 Å². The van der Waals surface area contributed by atoms with E-state index in [1.807, 2.05) is 35.8 Å². The van der Waals surface area contributed by atoms with Gasteiger partial charge < -0.3 is 9.30 Å². The smallest absolute Gasteiger partial charge is 0.229 e. The summed E-state index contributed by atoms with van der Waals surface area (Å²) in [5, 5.41) is 10.6. The molecule has 0 aliphatic rings. The number of methoxy groups -OCH3 is 1. The molecule has 3 aromatic rings. The molecular weight excluding hydrogens is 350 g/mol. The first-order valence-electron chi connectivity index (χ1n) is 8.06. The molecule has 0 saturated carbocycles. The molecule has 7 heteroatoms. The summed E-state index contributed by atoms with van der Waals surface area (Å²) in [6, 6.07) is 15.0. The van der Waals surface area contributed by atoms with Gasteiger partial charge in [-0.15, -0.1) is 0 Å². The van der Waals surface area contributed by atoms with Crippen LogP contribution in [0.3, 0.4) is 0 Å². The van der Waals surface area contributed by atoms with Crippen molar-refractivity contribution in [3.63, 3.8) is 0 Å². The van der Waals surface area contributed by atoms with Gasteiger partial charge in [-0.2, -0.15) is 5.26 Å². The van der Waals surface area contributed by atoms with Gasteiger partial charge >= 0.3 is 0 Å². The fourth-order valence-electron chi connectivity index (χ4n) is 3.15. The molecule has 0 amide bonds. The highest BCUT2D eigenvalue weighted by molar-refractivity contribution is 7.92. The lowest BCUT2D eigenvalue weighted by Gasteiger charge is -2.11. The van der Waals surface area contributed by atoms with Gasteiger partial charge in [0.1, 0.15) is 11.8 Å². The van der Waals surface area contributed by atoms with Crippen LogP contribution in [0, 0.1) is 11.3 Å². The number of aromatic nitrogens is 1. The topological polar surface area (TPSA) is 84.1 Å². The van der Waals surface area contributed by atoms with E-state index in [-0.39, 0.29) is 0 Å². The van der Waals surface area contributed by atoms with E-state index in [0.717, 1.165) is 28.4 Å². The van der Waals surface area contributed by atoms with Crippen LogP contribution in [-0.4, -0.2) is 26.4 Å². The number of rotatable bonds is 5. The Morgan fingerprint density at radius 3 is 2.62 bits per heavy atom. The van der Waals surface area contributed by atoms with E-state index >= 15 is 0 Å². The first-order valence-corrected chi connectivity index (χ1v) is 9.95. The Balaban J connectivity index is 2.28. The summed E-state index contributed by atoms with van der Waals surface area (Å²) >= 11 is 0. The third-order valence-corrected chi connectivity index (χ3v) is 4.74. The van der Waals surface area contributed by atoms with Crippen LogP contribution in [0.15, 0.2) is 42.5 Å². The van der Waals surface area contributed by atoms with Gasteiger partial charge in [-0.1, -0.05) is 12.1 Å². The number of ether oxygens (including phenoxy) is 1. The Labute approximate surface area is 152 Å². The highest BCUT2D eigenvalue weighted by Crippen LogP contribution is 2.36. The lowest BCUT2D eigenvalue weighted by Crippen LogP contribution is -2.09. The predicted octanol–water partition coefficient (Wildman–Crippen LogP) is 3.58. The van der Waals surface area contributed by atoms with Gasteiger partial charge in [0.2, 0.25) is 10.0 Å². The van der Waals surface area contributed by atoms with E-state index in [1.165, 1.54) is 0 Å². The van der Waals surface area contributed by atoms with E-state index < -0.39 is 10.0 Å². The molecule has 26 heavy (non-hydrogen) atoms. The quantitative estimate of drug-likeness (QED) is 0.745. The molecule has 3 rings (SSSR count). The van der Waals surface area contributed by atoms with Gasteiger partial charge in [0.15, 0.2) is 0 Å². The fraction of sp³-hybridized carbons (Fsp3) is 0.211. The zero-order chi connectivity index (χ0) is 18.9. The Morgan fingerprint density at radius 1 is 1.23 bits per heavy atom. The predicted molar refractivity (Wildman–Crippen MR) is 103 cm³/mol. The summed E-state index contributed by atoms with van der Waals surface area (Å²) in [5.41, 5.74) is 3.46. The average Bonchev–Trinajstić information content (AvgIpc) is 2.92. The number of nitrogens with zero attached hydrogens (tertiary/aromatic N) is 2. The van der Waals surface area contributed by atoms with Gasteiger partial charge in [-0.25, -0.2) is 8.42 Å². The molecule has 0 atom stereocenters. The van der Waals surface area contributed by atoms with Crippen molar-refractivity contribution < 1.29 is 13.2 Å². The Hall–Kier alpha value is -2.98. The van der Waals surface area contributed by atoms with Crippen LogP contribution in [0.4, 0.5) is 5.69 Å². The van der Waals surface area contributed by atoms with E-state index in [9.17, 15) is 13.7 Å². The van der Waals surface area contributed by atoms with Crippen LogP contribution in [-0.2, 0) is 16.6 Å². The van der Waals surface area contributed by atoms with E-state index in [1.54, 1.807) is 25.3 Å². The molecule has 0 radical (unpaired) electrons. The molecule has 0 unspecified atom stereocenters. The van der Waals surface area contributed by atoms with Crippen molar-refractivity contribution in [3.8, 4) is 23.1 Å². The number of hydrogen-bond acceptors (Lipinski definition) is 4. The second-order valence-electron chi connectivity index (χ2n) is 5.92. The average molecular weight is 369 g/mol. The monoisotopic (exact) mass is 369 g/mol. The third kappa shape index (κ3) is 3.24. The van der Waals surface area contributed by atoms with E-state index in [4.69, 9.17) is 4.74 Å². The maximum absolute atomic E-state index is 11.5. The van der Waals surface area contributed by atoms with Crippen molar-refractivity contribution in [1.29, 1.82) is 5.26 Å². The van der Waals surface area contributed by atoms with Crippen molar-refractivity contribution in [2.75, 3.05) is 18.1 Å². The number of nitrogens with one attached hydrogen (secondary N) is 1. The standard InChI is InChI=1S/C19H19N3O3S/c1-4-22-18-9-8-15(25-2)11-16(18)17(12-20)19(22)13-6-5-7-14(10-13)21-26(3,23)24/h5-11,21H,4H2,1-3H3. The molecule has 1 heterocycles. The normalized spacial score (nSPS) is 11.3. The molecule has 1 aromatic heterocycles. The van der Waals surface area contributed by atoms with E-state index in [0.29, 0.717) is 23.5 Å². The van der Waals surface area contributed by atoms with Crippen LogP contribution in [0.25, 0.3) is 22.2 Å². The Bertz CT molecular complexity index is 1120. The lowest BCUT2D eigenvalue weighted by atomic mass is 10.1. The molecule has 0 aliphatic carbocycles. The maximum atomic E-state index is 11.5. The van der Waals surface area contributed by atoms with Crippen LogP contribution < -0.4 is 9.46 Å². The minimum atomic E-state index is -3.38. The minimum Gasteiger partial charge on any atom is -0.497 e. The van der Waals surface area contributed by atoms with Crippen molar-refractivity contribution in [2.45, 2.75) is 13.5 Å². The van der Waals surface area contributed by atoms with Crippen molar-refractivity contribution in [2.24, 2.45) is 0 Å². The van der Waals surface area contributed by atoms with Gasteiger partial charge in [-0.3, -0.25) is 4.72 Å². The first kappa shape index (κ1) is 17.8. The highest BCUT2D eigenvalue weighted by Gasteiger charge is 2.19. The molecule has 0 aliphatic heterocycles. The first-order chi connectivity index (χ1) is 12.4. The zero-order valence-electron chi connectivity index (χ0n) is 14.8. The van der Waals surface area contributed by atoms with Crippen molar-refractivity contribution in [3.05, 3.63) is 48.0 Å². The SMILES string of the molecule is CCn1c(-c2cccc(NS(C)(=O)=O)c2)c(C#N)c2cc(OC)ccc21. The Kier molecular flexibility index (Phi) is 4.62. The molecule has 0 bridgehead atoms. The molecule has 2 aromatic carbocycles. The maximum Gasteiger partial charge on any atom is 0.229 e. The number of sulfonamides is 1. The molecule has 1 N–H and O–H groups in total. The minimum absolute atomic E-state index is 0.458. The summed E-state index contributed by atoms with van der Waals surface area (Å²) < 4.78 is 32.9.